The molecule has 2 fully saturated rings. The second-order valence-electron chi connectivity index (χ2n) is 7.10. The molecule has 1 spiro atoms. The zero-order valence-electron chi connectivity index (χ0n) is 12.5. The Balaban J connectivity index is 1.79. The molecule has 2 nitrogen and oxygen atoms in total. The van der Waals surface area contributed by atoms with Crippen molar-refractivity contribution in [3.05, 3.63) is 0 Å². The van der Waals surface area contributed by atoms with Crippen LogP contribution < -0.4 is 5.73 Å². The number of rotatable bonds is 4. The summed E-state index contributed by atoms with van der Waals surface area (Å²) in [5.41, 5.74) is 6.64. The fourth-order valence-corrected chi connectivity index (χ4v) is 3.90. The quantitative estimate of drug-likeness (QED) is 0.832. The minimum Gasteiger partial charge on any atom is -0.330 e. The Morgan fingerprint density at radius 2 is 1.61 bits per heavy atom. The summed E-state index contributed by atoms with van der Waals surface area (Å²) in [7, 11) is 0. The molecule has 2 N–H and O–H groups in total. The Hall–Kier alpha value is -0.0800. The summed E-state index contributed by atoms with van der Waals surface area (Å²) in [6, 6.07) is 0. The van der Waals surface area contributed by atoms with Crippen LogP contribution in [0.3, 0.4) is 0 Å². The maximum atomic E-state index is 5.90. The molecule has 1 aliphatic carbocycles. The summed E-state index contributed by atoms with van der Waals surface area (Å²) < 4.78 is 0. The van der Waals surface area contributed by atoms with E-state index in [1.807, 2.05) is 0 Å². The molecule has 1 saturated heterocycles. The smallest absolute Gasteiger partial charge is 0.00242 e. The van der Waals surface area contributed by atoms with E-state index in [-0.39, 0.29) is 0 Å². The van der Waals surface area contributed by atoms with Crippen molar-refractivity contribution in [2.45, 2.75) is 58.8 Å². The lowest BCUT2D eigenvalue weighted by atomic mass is 9.68. The normalized spacial score (nSPS) is 26.7. The van der Waals surface area contributed by atoms with E-state index in [1.165, 1.54) is 64.6 Å². The molecule has 1 saturated carbocycles. The van der Waals surface area contributed by atoms with Gasteiger partial charge in [0, 0.05) is 6.54 Å². The highest BCUT2D eigenvalue weighted by molar-refractivity contribution is 4.88. The van der Waals surface area contributed by atoms with E-state index in [0.717, 1.165) is 17.9 Å². The van der Waals surface area contributed by atoms with Crippen molar-refractivity contribution in [1.82, 2.24) is 4.90 Å². The van der Waals surface area contributed by atoms with Crippen molar-refractivity contribution in [1.29, 1.82) is 0 Å². The summed E-state index contributed by atoms with van der Waals surface area (Å²) in [5.74, 6) is 1.41. The molecule has 1 atom stereocenters. The van der Waals surface area contributed by atoms with Gasteiger partial charge in [0.05, 0.1) is 0 Å². The number of nitrogens with two attached hydrogens (primary N) is 1. The van der Waals surface area contributed by atoms with Gasteiger partial charge >= 0.3 is 0 Å². The minimum absolute atomic E-state index is 0.686. The Morgan fingerprint density at radius 1 is 1.00 bits per heavy atom. The third-order valence-corrected chi connectivity index (χ3v) is 5.57. The van der Waals surface area contributed by atoms with Gasteiger partial charge in [-0.15, -0.1) is 0 Å². The highest BCUT2D eigenvalue weighted by atomic mass is 15.1. The molecule has 2 rings (SSSR count). The SMILES string of the molecule is CC(C)C(CN)CN1CCC2(CCCCC2)CC1. The first-order valence-electron chi connectivity index (χ1n) is 8.08. The van der Waals surface area contributed by atoms with E-state index in [0.29, 0.717) is 5.92 Å². The lowest BCUT2D eigenvalue weighted by Crippen LogP contribution is -2.44. The second kappa shape index (κ2) is 6.38. The molecule has 2 aliphatic rings. The molecule has 0 aromatic carbocycles. The average Bonchev–Trinajstić information content (AvgIpc) is 2.39. The van der Waals surface area contributed by atoms with Crippen molar-refractivity contribution < 1.29 is 0 Å². The standard InChI is InChI=1S/C16H32N2/c1-14(2)15(12-17)13-18-10-8-16(9-11-18)6-4-3-5-7-16/h14-15H,3-13,17H2,1-2H3. The predicted molar refractivity (Wildman–Crippen MR) is 78.6 cm³/mol. The number of nitrogens with zero attached hydrogens (tertiary/aromatic N) is 1. The maximum absolute atomic E-state index is 5.90. The largest absolute Gasteiger partial charge is 0.330 e. The molecule has 0 amide bonds. The molecule has 18 heavy (non-hydrogen) atoms. The second-order valence-corrected chi connectivity index (χ2v) is 7.10. The predicted octanol–water partition coefficient (Wildman–Crippen LogP) is 3.26. The zero-order chi connectivity index (χ0) is 13.0. The first-order valence-corrected chi connectivity index (χ1v) is 8.08. The van der Waals surface area contributed by atoms with Gasteiger partial charge in [-0.05, 0) is 62.6 Å². The van der Waals surface area contributed by atoms with E-state index in [4.69, 9.17) is 5.73 Å². The van der Waals surface area contributed by atoms with Crippen LogP contribution in [-0.4, -0.2) is 31.1 Å². The topological polar surface area (TPSA) is 29.3 Å². The van der Waals surface area contributed by atoms with Crippen LogP contribution in [0.2, 0.25) is 0 Å². The van der Waals surface area contributed by atoms with Gasteiger partial charge in [0.1, 0.15) is 0 Å². The zero-order valence-corrected chi connectivity index (χ0v) is 12.5. The van der Waals surface area contributed by atoms with Gasteiger partial charge in [0.25, 0.3) is 0 Å². The Labute approximate surface area is 113 Å². The van der Waals surface area contributed by atoms with Crippen molar-refractivity contribution in [3.63, 3.8) is 0 Å². The number of piperidine rings is 1. The molecular weight excluding hydrogens is 220 g/mol. The highest BCUT2D eigenvalue weighted by Crippen LogP contribution is 2.44. The van der Waals surface area contributed by atoms with Crippen molar-refractivity contribution in [2.75, 3.05) is 26.2 Å². The van der Waals surface area contributed by atoms with Gasteiger partial charge in [-0.2, -0.15) is 0 Å². The minimum atomic E-state index is 0.686. The van der Waals surface area contributed by atoms with E-state index in [2.05, 4.69) is 18.7 Å². The number of hydrogen-bond donors (Lipinski definition) is 1. The van der Waals surface area contributed by atoms with Crippen LogP contribution in [0.5, 0.6) is 0 Å². The molecule has 2 heteroatoms. The van der Waals surface area contributed by atoms with Crippen molar-refractivity contribution in [2.24, 2.45) is 23.0 Å². The summed E-state index contributed by atoms with van der Waals surface area (Å²) in [5, 5.41) is 0. The van der Waals surface area contributed by atoms with Gasteiger partial charge < -0.3 is 10.6 Å². The summed E-state index contributed by atoms with van der Waals surface area (Å²) in [6.07, 6.45) is 10.4. The molecule has 0 aromatic heterocycles. The van der Waals surface area contributed by atoms with Crippen LogP contribution in [0, 0.1) is 17.3 Å². The van der Waals surface area contributed by atoms with Crippen LogP contribution in [0.1, 0.15) is 58.8 Å². The van der Waals surface area contributed by atoms with Crippen LogP contribution >= 0.6 is 0 Å². The maximum Gasteiger partial charge on any atom is 0.00242 e. The van der Waals surface area contributed by atoms with Crippen LogP contribution in [0.15, 0.2) is 0 Å². The molecule has 0 aromatic rings. The molecule has 0 bridgehead atoms. The van der Waals surface area contributed by atoms with Gasteiger partial charge in [0.15, 0.2) is 0 Å². The average molecular weight is 252 g/mol. The lowest BCUT2D eigenvalue weighted by Gasteiger charge is -2.45. The molecule has 0 radical (unpaired) electrons. The highest BCUT2D eigenvalue weighted by Gasteiger charge is 2.35. The van der Waals surface area contributed by atoms with Gasteiger partial charge in [-0.25, -0.2) is 0 Å². The van der Waals surface area contributed by atoms with E-state index < -0.39 is 0 Å². The monoisotopic (exact) mass is 252 g/mol. The molecular formula is C16H32N2. The Morgan fingerprint density at radius 3 is 2.11 bits per heavy atom. The summed E-state index contributed by atoms with van der Waals surface area (Å²) >= 11 is 0. The van der Waals surface area contributed by atoms with Gasteiger partial charge in [0.2, 0.25) is 0 Å². The van der Waals surface area contributed by atoms with Crippen molar-refractivity contribution in [3.8, 4) is 0 Å². The Kier molecular flexibility index (Phi) is 5.08. The Bertz CT molecular complexity index is 233. The summed E-state index contributed by atoms with van der Waals surface area (Å²) in [6.45, 7) is 9.34. The van der Waals surface area contributed by atoms with Crippen LogP contribution in [0.25, 0.3) is 0 Å². The van der Waals surface area contributed by atoms with E-state index in [1.54, 1.807) is 0 Å². The third kappa shape index (κ3) is 3.48. The first-order chi connectivity index (χ1) is 8.65. The van der Waals surface area contributed by atoms with Crippen LogP contribution in [0.4, 0.5) is 0 Å². The van der Waals surface area contributed by atoms with Crippen molar-refractivity contribution >= 4 is 0 Å². The molecule has 1 aliphatic heterocycles. The molecule has 106 valence electrons. The number of hydrogen-bond acceptors (Lipinski definition) is 2. The van der Waals surface area contributed by atoms with E-state index in [9.17, 15) is 0 Å². The lowest BCUT2D eigenvalue weighted by molar-refractivity contribution is 0.0563. The fraction of sp³-hybridized carbons (Fsp3) is 1.00. The summed E-state index contributed by atoms with van der Waals surface area (Å²) in [4.78, 5) is 2.68. The fourth-order valence-electron chi connectivity index (χ4n) is 3.90. The van der Waals surface area contributed by atoms with Crippen LogP contribution in [-0.2, 0) is 0 Å². The third-order valence-electron chi connectivity index (χ3n) is 5.57. The number of likely N-dealkylation sites (tertiary alicyclic amines) is 1. The van der Waals surface area contributed by atoms with E-state index >= 15 is 0 Å². The van der Waals surface area contributed by atoms with Gasteiger partial charge in [-0.1, -0.05) is 33.1 Å². The molecule has 1 heterocycles. The first kappa shape index (κ1) is 14.3. The molecule has 1 unspecified atom stereocenters. The van der Waals surface area contributed by atoms with Gasteiger partial charge in [-0.3, -0.25) is 0 Å².